The van der Waals surface area contributed by atoms with E-state index in [0.717, 1.165) is 52.5 Å². The highest BCUT2D eigenvalue weighted by Crippen LogP contribution is 2.25. The van der Waals surface area contributed by atoms with Crippen molar-refractivity contribution in [2.75, 3.05) is 0 Å². The second-order valence-electron chi connectivity index (χ2n) is 7.28. The highest BCUT2D eigenvalue weighted by molar-refractivity contribution is 5.96. The number of fused-ring (bicyclic) bond motifs is 1. The highest BCUT2D eigenvalue weighted by Gasteiger charge is 2.17. The molecule has 2 heterocycles. The molecule has 148 valence electrons. The minimum Gasteiger partial charge on any atom is -0.478 e. The number of carbonyl (C=O) groups is 1. The highest BCUT2D eigenvalue weighted by atomic mass is 16.4. The molecule has 6 nitrogen and oxygen atoms in total. The smallest absolute Gasteiger partial charge is 0.336 e. The van der Waals surface area contributed by atoms with Gasteiger partial charge in [0.15, 0.2) is 11.3 Å². The molecule has 2 aromatic carbocycles. The molecule has 0 atom stereocenters. The van der Waals surface area contributed by atoms with Gasteiger partial charge in [0.1, 0.15) is 11.6 Å². The molecule has 0 aliphatic heterocycles. The fraction of sp³-hybridized carbons (Fsp3) is 0.261. The Morgan fingerprint density at radius 2 is 1.76 bits per heavy atom. The van der Waals surface area contributed by atoms with Crippen molar-refractivity contribution in [2.45, 2.75) is 33.2 Å². The average molecular weight is 388 g/mol. The summed E-state index contributed by atoms with van der Waals surface area (Å²) in [5.41, 5.74) is 4.88. The lowest BCUT2D eigenvalue weighted by Crippen LogP contribution is -2.06. The van der Waals surface area contributed by atoms with Gasteiger partial charge in [-0.2, -0.15) is 0 Å². The second-order valence-corrected chi connectivity index (χ2v) is 7.28. The van der Waals surface area contributed by atoms with Crippen LogP contribution in [0.25, 0.3) is 22.4 Å². The first-order valence-corrected chi connectivity index (χ1v) is 9.79. The van der Waals surface area contributed by atoms with Crippen molar-refractivity contribution in [3.63, 3.8) is 0 Å². The lowest BCUT2D eigenvalue weighted by Gasteiger charge is -2.10. The van der Waals surface area contributed by atoms with Crippen LogP contribution in [0.1, 0.15) is 40.9 Å². The number of aromatic carboxylic acids is 1. The molecule has 0 saturated heterocycles. The van der Waals surface area contributed by atoms with Crippen LogP contribution in [0.15, 0.2) is 48.5 Å². The SMILES string of the molecule is CCCc1nc2c(nc(C)n2C)n1Cc1ccc(-c2ccccc2C(=O)O)cc1. The number of aryl methyl sites for hydroxylation is 3. The summed E-state index contributed by atoms with van der Waals surface area (Å²) in [6, 6.07) is 15.1. The van der Waals surface area contributed by atoms with Crippen LogP contribution in [0.2, 0.25) is 0 Å². The van der Waals surface area contributed by atoms with Crippen molar-refractivity contribution < 1.29 is 9.90 Å². The lowest BCUT2D eigenvalue weighted by atomic mass is 9.99. The van der Waals surface area contributed by atoms with Crippen LogP contribution in [-0.2, 0) is 20.0 Å². The molecule has 29 heavy (non-hydrogen) atoms. The largest absolute Gasteiger partial charge is 0.478 e. The summed E-state index contributed by atoms with van der Waals surface area (Å²) < 4.78 is 4.21. The van der Waals surface area contributed by atoms with Crippen LogP contribution < -0.4 is 0 Å². The van der Waals surface area contributed by atoms with Gasteiger partial charge in [-0.1, -0.05) is 49.4 Å². The third kappa shape index (κ3) is 3.42. The summed E-state index contributed by atoms with van der Waals surface area (Å²) in [5, 5.41) is 9.44. The van der Waals surface area contributed by atoms with Gasteiger partial charge in [0.25, 0.3) is 0 Å². The first kappa shape index (κ1) is 18.9. The normalized spacial score (nSPS) is 11.3. The van der Waals surface area contributed by atoms with Crippen molar-refractivity contribution in [3.05, 3.63) is 71.3 Å². The number of rotatable bonds is 6. The number of carboxylic acid groups (broad SMARTS) is 1. The number of imidazole rings is 2. The predicted octanol–water partition coefficient (Wildman–Crippen LogP) is 4.44. The predicted molar refractivity (Wildman–Crippen MR) is 113 cm³/mol. The molecular formula is C23H24N4O2. The van der Waals surface area contributed by atoms with Crippen molar-refractivity contribution >= 4 is 17.3 Å². The third-order valence-corrected chi connectivity index (χ3v) is 5.31. The number of hydrogen-bond donors (Lipinski definition) is 1. The Bertz CT molecular complexity index is 1190. The number of aromatic nitrogens is 4. The standard InChI is InChI=1S/C23H24N4O2/c1-4-7-20-25-21-22(24-15(2)26(21)3)27(20)14-16-10-12-17(13-11-16)18-8-5-6-9-19(18)23(28)29/h5-6,8-13H,4,7,14H2,1-3H3,(H,28,29). The molecule has 0 fully saturated rings. The van der Waals surface area contributed by atoms with Crippen LogP contribution in [0.4, 0.5) is 0 Å². The molecule has 0 radical (unpaired) electrons. The molecule has 0 unspecified atom stereocenters. The number of hydrogen-bond acceptors (Lipinski definition) is 3. The van der Waals surface area contributed by atoms with Gasteiger partial charge in [0.2, 0.25) is 0 Å². The van der Waals surface area contributed by atoms with Gasteiger partial charge < -0.3 is 14.2 Å². The van der Waals surface area contributed by atoms with Gasteiger partial charge in [-0.05, 0) is 36.1 Å². The molecule has 4 aromatic rings. The van der Waals surface area contributed by atoms with Crippen LogP contribution in [0.5, 0.6) is 0 Å². The molecule has 4 rings (SSSR count). The molecule has 0 spiro atoms. The van der Waals surface area contributed by atoms with E-state index in [1.807, 2.05) is 54.9 Å². The van der Waals surface area contributed by atoms with Crippen LogP contribution in [-0.4, -0.2) is 30.2 Å². The Hall–Kier alpha value is -3.41. The van der Waals surface area contributed by atoms with Gasteiger partial charge in [-0.3, -0.25) is 0 Å². The van der Waals surface area contributed by atoms with E-state index in [2.05, 4.69) is 11.5 Å². The van der Waals surface area contributed by atoms with Crippen LogP contribution in [0.3, 0.4) is 0 Å². The van der Waals surface area contributed by atoms with E-state index in [1.54, 1.807) is 12.1 Å². The summed E-state index contributed by atoms with van der Waals surface area (Å²) in [7, 11) is 1.99. The Morgan fingerprint density at radius 3 is 2.45 bits per heavy atom. The van der Waals surface area contributed by atoms with E-state index in [4.69, 9.17) is 9.97 Å². The molecular weight excluding hydrogens is 364 g/mol. The number of benzene rings is 2. The van der Waals surface area contributed by atoms with E-state index < -0.39 is 5.97 Å². The summed E-state index contributed by atoms with van der Waals surface area (Å²) in [4.78, 5) is 21.0. The average Bonchev–Trinajstić information content (AvgIpc) is 3.19. The van der Waals surface area contributed by atoms with Crippen molar-refractivity contribution in [1.82, 2.24) is 19.1 Å². The van der Waals surface area contributed by atoms with E-state index in [-0.39, 0.29) is 0 Å². The molecule has 0 bridgehead atoms. The van der Waals surface area contributed by atoms with E-state index in [0.29, 0.717) is 12.1 Å². The molecule has 0 amide bonds. The fourth-order valence-electron chi connectivity index (χ4n) is 3.67. The van der Waals surface area contributed by atoms with Gasteiger partial charge in [-0.15, -0.1) is 0 Å². The maximum absolute atomic E-state index is 11.5. The maximum Gasteiger partial charge on any atom is 0.336 e. The van der Waals surface area contributed by atoms with E-state index in [9.17, 15) is 9.90 Å². The monoisotopic (exact) mass is 388 g/mol. The molecule has 0 aliphatic carbocycles. The van der Waals surface area contributed by atoms with Gasteiger partial charge in [0, 0.05) is 13.5 Å². The first-order chi connectivity index (χ1) is 14.0. The Morgan fingerprint density at radius 1 is 1.03 bits per heavy atom. The lowest BCUT2D eigenvalue weighted by molar-refractivity contribution is 0.0697. The van der Waals surface area contributed by atoms with Gasteiger partial charge in [0.05, 0.1) is 12.1 Å². The Kier molecular flexibility index (Phi) is 4.92. The maximum atomic E-state index is 11.5. The van der Waals surface area contributed by atoms with Crippen molar-refractivity contribution in [1.29, 1.82) is 0 Å². The minimum atomic E-state index is -0.916. The quantitative estimate of drug-likeness (QED) is 0.530. The van der Waals surface area contributed by atoms with E-state index >= 15 is 0 Å². The minimum absolute atomic E-state index is 0.311. The molecule has 6 heteroatoms. The molecule has 1 N–H and O–H groups in total. The topological polar surface area (TPSA) is 72.9 Å². The van der Waals surface area contributed by atoms with Crippen molar-refractivity contribution in [3.8, 4) is 11.1 Å². The zero-order valence-electron chi connectivity index (χ0n) is 16.9. The van der Waals surface area contributed by atoms with Gasteiger partial charge >= 0.3 is 5.97 Å². The third-order valence-electron chi connectivity index (χ3n) is 5.31. The second kappa shape index (κ2) is 7.54. The first-order valence-electron chi connectivity index (χ1n) is 9.79. The summed E-state index contributed by atoms with van der Waals surface area (Å²) in [6.45, 7) is 4.82. The number of carboxylic acids is 1. The van der Waals surface area contributed by atoms with Crippen molar-refractivity contribution in [2.24, 2.45) is 7.05 Å². The van der Waals surface area contributed by atoms with Crippen LogP contribution >= 0.6 is 0 Å². The Labute approximate surface area is 169 Å². The summed E-state index contributed by atoms with van der Waals surface area (Å²) >= 11 is 0. The molecule has 2 aromatic heterocycles. The summed E-state index contributed by atoms with van der Waals surface area (Å²) in [6.07, 6.45) is 1.92. The van der Waals surface area contributed by atoms with E-state index in [1.165, 1.54) is 0 Å². The molecule has 0 aliphatic rings. The van der Waals surface area contributed by atoms with Crippen LogP contribution in [0, 0.1) is 6.92 Å². The fourth-order valence-corrected chi connectivity index (χ4v) is 3.67. The number of nitrogens with zero attached hydrogens (tertiary/aromatic N) is 4. The zero-order valence-corrected chi connectivity index (χ0v) is 16.9. The summed E-state index contributed by atoms with van der Waals surface area (Å²) in [5.74, 6) is 1.07. The zero-order chi connectivity index (χ0) is 20.5. The van der Waals surface area contributed by atoms with Gasteiger partial charge in [-0.25, -0.2) is 14.8 Å². The molecule has 0 saturated carbocycles. The Balaban J connectivity index is 1.69.